The fourth-order valence-corrected chi connectivity index (χ4v) is 1.64. The lowest BCUT2D eigenvalue weighted by molar-refractivity contribution is -0.0458. The minimum absolute atomic E-state index is 0.257. The fraction of sp³-hybridized carbons (Fsp3) is 0.556. The molecule has 6 heteroatoms. The first-order chi connectivity index (χ1) is 7.22. The second kappa shape index (κ2) is 4.09. The number of aliphatic hydroxyl groups is 2. The Labute approximate surface area is 85.8 Å². The van der Waals surface area contributed by atoms with Gasteiger partial charge >= 0.3 is 5.69 Å². The first-order valence-electron chi connectivity index (χ1n) is 4.70. The summed E-state index contributed by atoms with van der Waals surface area (Å²) in [6.07, 6.45) is 1.32. The Balaban J connectivity index is 2.21. The fourth-order valence-electron chi connectivity index (χ4n) is 1.64. The first-order valence-corrected chi connectivity index (χ1v) is 4.70. The summed E-state index contributed by atoms with van der Waals surface area (Å²) in [4.78, 5) is 14.9. The van der Waals surface area contributed by atoms with Gasteiger partial charge in [0.15, 0.2) is 0 Å². The molecule has 0 unspecified atom stereocenters. The third-order valence-electron chi connectivity index (χ3n) is 2.43. The van der Waals surface area contributed by atoms with Gasteiger partial charge in [0.25, 0.3) is 0 Å². The molecule has 0 radical (unpaired) electrons. The minimum atomic E-state index is -0.743. The van der Waals surface area contributed by atoms with Crippen molar-refractivity contribution in [3.63, 3.8) is 0 Å². The molecule has 0 aliphatic carbocycles. The molecule has 0 bridgehead atoms. The Hall–Kier alpha value is -1.24. The summed E-state index contributed by atoms with van der Waals surface area (Å²) >= 11 is 0. The summed E-state index contributed by atoms with van der Waals surface area (Å²) in [7, 11) is 0. The molecule has 15 heavy (non-hydrogen) atoms. The molecule has 2 rings (SSSR count). The number of nitrogens with zero attached hydrogens (tertiary/aromatic N) is 2. The zero-order valence-corrected chi connectivity index (χ0v) is 7.98. The van der Waals surface area contributed by atoms with E-state index in [9.17, 15) is 9.90 Å². The van der Waals surface area contributed by atoms with Gasteiger partial charge in [-0.15, -0.1) is 0 Å². The quantitative estimate of drug-likeness (QED) is 0.649. The first kappa shape index (κ1) is 10.3. The zero-order chi connectivity index (χ0) is 10.8. The van der Waals surface area contributed by atoms with Gasteiger partial charge in [0.2, 0.25) is 0 Å². The van der Waals surface area contributed by atoms with Crippen LogP contribution in [0.25, 0.3) is 0 Å². The second-order valence-corrected chi connectivity index (χ2v) is 3.42. The van der Waals surface area contributed by atoms with E-state index in [1.54, 1.807) is 12.3 Å². The van der Waals surface area contributed by atoms with Gasteiger partial charge in [0.1, 0.15) is 12.3 Å². The molecule has 1 aliphatic heterocycles. The Bertz CT molecular complexity index is 392. The van der Waals surface area contributed by atoms with Crippen molar-refractivity contribution in [2.24, 2.45) is 0 Å². The molecule has 1 fully saturated rings. The van der Waals surface area contributed by atoms with Crippen molar-refractivity contribution in [2.75, 3.05) is 6.61 Å². The second-order valence-electron chi connectivity index (χ2n) is 3.42. The highest BCUT2D eigenvalue weighted by molar-refractivity contribution is 4.87. The highest BCUT2D eigenvalue weighted by atomic mass is 16.5. The van der Waals surface area contributed by atoms with Crippen molar-refractivity contribution in [3.05, 3.63) is 28.9 Å². The third kappa shape index (κ3) is 1.92. The van der Waals surface area contributed by atoms with E-state index in [0.29, 0.717) is 0 Å². The van der Waals surface area contributed by atoms with Gasteiger partial charge < -0.3 is 14.9 Å². The minimum Gasteiger partial charge on any atom is -0.394 e. The van der Waals surface area contributed by atoms with Crippen molar-refractivity contribution in [2.45, 2.75) is 24.9 Å². The lowest BCUT2D eigenvalue weighted by Crippen LogP contribution is -2.27. The van der Waals surface area contributed by atoms with E-state index in [1.807, 2.05) is 0 Å². The molecule has 2 N–H and O–H groups in total. The standard InChI is InChI=1S/C9H12N2O4/c12-5-7-6(13)4-8(15-7)11-3-1-2-10-9(11)14/h1-3,6-8,12-13H,4-5H2/t6-,7-,8-/m1/s1. The Morgan fingerprint density at radius 1 is 1.67 bits per heavy atom. The van der Waals surface area contributed by atoms with Crippen LogP contribution in [0.2, 0.25) is 0 Å². The predicted molar refractivity (Wildman–Crippen MR) is 50.1 cm³/mol. The summed E-state index contributed by atoms with van der Waals surface area (Å²) < 4.78 is 6.62. The van der Waals surface area contributed by atoms with Crippen LogP contribution in [0.5, 0.6) is 0 Å². The molecule has 1 aromatic rings. The Kier molecular flexibility index (Phi) is 2.81. The molecule has 1 saturated heterocycles. The van der Waals surface area contributed by atoms with Gasteiger partial charge in [0, 0.05) is 18.8 Å². The van der Waals surface area contributed by atoms with E-state index in [1.165, 1.54) is 10.8 Å². The number of aromatic nitrogens is 2. The number of ether oxygens (including phenoxy) is 1. The molecule has 6 nitrogen and oxygen atoms in total. The molecule has 0 aromatic carbocycles. The molecule has 0 spiro atoms. The molecular formula is C9H12N2O4. The molecule has 1 aliphatic rings. The topological polar surface area (TPSA) is 84.6 Å². The van der Waals surface area contributed by atoms with Crippen LogP contribution in [-0.4, -0.2) is 38.6 Å². The van der Waals surface area contributed by atoms with Crippen LogP contribution in [0.3, 0.4) is 0 Å². The molecule has 2 heterocycles. The summed E-state index contributed by atoms with van der Waals surface area (Å²) in [5.41, 5.74) is -0.423. The van der Waals surface area contributed by atoms with E-state index < -0.39 is 24.1 Å². The van der Waals surface area contributed by atoms with E-state index in [0.717, 1.165) is 0 Å². The maximum atomic E-state index is 11.3. The molecule has 0 amide bonds. The molecule has 3 atom stereocenters. The van der Waals surface area contributed by atoms with Crippen LogP contribution in [0.15, 0.2) is 23.3 Å². The van der Waals surface area contributed by atoms with Crippen molar-refractivity contribution >= 4 is 0 Å². The van der Waals surface area contributed by atoms with Crippen LogP contribution in [-0.2, 0) is 4.74 Å². The van der Waals surface area contributed by atoms with Crippen LogP contribution < -0.4 is 5.69 Å². The zero-order valence-electron chi connectivity index (χ0n) is 7.98. The summed E-state index contributed by atoms with van der Waals surface area (Å²) in [6, 6.07) is 1.61. The van der Waals surface area contributed by atoms with Crippen LogP contribution in [0.1, 0.15) is 12.6 Å². The van der Waals surface area contributed by atoms with Crippen molar-refractivity contribution in [3.8, 4) is 0 Å². The maximum Gasteiger partial charge on any atom is 0.349 e. The number of rotatable bonds is 2. The van der Waals surface area contributed by atoms with Crippen molar-refractivity contribution in [1.82, 2.24) is 9.55 Å². The van der Waals surface area contributed by atoms with Gasteiger partial charge in [-0.1, -0.05) is 0 Å². The van der Waals surface area contributed by atoms with Crippen molar-refractivity contribution < 1.29 is 14.9 Å². The lowest BCUT2D eigenvalue weighted by atomic mass is 10.2. The van der Waals surface area contributed by atoms with Crippen LogP contribution in [0, 0.1) is 0 Å². The van der Waals surface area contributed by atoms with Crippen LogP contribution in [0.4, 0.5) is 0 Å². The van der Waals surface area contributed by atoms with Crippen molar-refractivity contribution in [1.29, 1.82) is 0 Å². The highest BCUT2D eigenvalue weighted by Crippen LogP contribution is 2.26. The Morgan fingerprint density at radius 2 is 2.47 bits per heavy atom. The maximum absolute atomic E-state index is 11.3. The molecule has 0 saturated carbocycles. The monoisotopic (exact) mass is 212 g/mol. The SMILES string of the molecule is O=c1ncccn1[C@H]1C[C@@H](O)[C@@H](CO)O1. The molecular weight excluding hydrogens is 200 g/mol. The number of aliphatic hydroxyl groups excluding tert-OH is 2. The van der Waals surface area contributed by atoms with Gasteiger partial charge in [0.05, 0.1) is 12.7 Å². The van der Waals surface area contributed by atoms with E-state index in [2.05, 4.69) is 4.98 Å². The van der Waals surface area contributed by atoms with Gasteiger partial charge in [-0.05, 0) is 6.07 Å². The third-order valence-corrected chi connectivity index (χ3v) is 2.43. The van der Waals surface area contributed by atoms with E-state index in [-0.39, 0.29) is 13.0 Å². The lowest BCUT2D eigenvalue weighted by Gasteiger charge is -2.13. The number of hydrogen-bond acceptors (Lipinski definition) is 5. The van der Waals surface area contributed by atoms with Gasteiger partial charge in [-0.2, -0.15) is 0 Å². The average molecular weight is 212 g/mol. The summed E-state index contributed by atoms with van der Waals surface area (Å²) in [6.45, 7) is -0.257. The van der Waals surface area contributed by atoms with Gasteiger partial charge in [-0.25, -0.2) is 9.78 Å². The van der Waals surface area contributed by atoms with Gasteiger partial charge in [-0.3, -0.25) is 4.57 Å². The van der Waals surface area contributed by atoms with E-state index in [4.69, 9.17) is 9.84 Å². The summed E-state index contributed by atoms with van der Waals surface area (Å²) in [5, 5.41) is 18.4. The van der Waals surface area contributed by atoms with E-state index >= 15 is 0 Å². The number of hydrogen-bond donors (Lipinski definition) is 2. The largest absolute Gasteiger partial charge is 0.394 e. The average Bonchev–Trinajstić information content (AvgIpc) is 2.60. The normalized spacial score (nSPS) is 30.7. The smallest absolute Gasteiger partial charge is 0.349 e. The molecule has 1 aromatic heterocycles. The molecule has 82 valence electrons. The highest BCUT2D eigenvalue weighted by Gasteiger charge is 2.34. The summed E-state index contributed by atoms with van der Waals surface area (Å²) in [5.74, 6) is 0. The predicted octanol–water partition coefficient (Wildman–Crippen LogP) is -1.12. The Morgan fingerprint density at radius 3 is 3.07 bits per heavy atom. The van der Waals surface area contributed by atoms with Crippen LogP contribution >= 0.6 is 0 Å².